The van der Waals surface area contributed by atoms with Crippen LogP contribution in [-0.2, 0) is 0 Å². The molecule has 0 aromatic heterocycles. The molecule has 18 heavy (non-hydrogen) atoms. The van der Waals surface area contributed by atoms with Gasteiger partial charge in [-0.15, -0.1) is 0 Å². The molecule has 1 rings (SSSR count). The van der Waals surface area contributed by atoms with Gasteiger partial charge in [0, 0.05) is 12.5 Å². The van der Waals surface area contributed by atoms with Crippen molar-refractivity contribution in [3.63, 3.8) is 0 Å². The van der Waals surface area contributed by atoms with Crippen molar-refractivity contribution < 1.29 is 9.50 Å². The van der Waals surface area contributed by atoms with Gasteiger partial charge >= 0.3 is 0 Å². The van der Waals surface area contributed by atoms with Gasteiger partial charge in [-0.1, -0.05) is 44.5 Å². The van der Waals surface area contributed by atoms with Gasteiger partial charge in [-0.25, -0.2) is 4.39 Å². The van der Waals surface area contributed by atoms with Crippen molar-refractivity contribution in [3.05, 3.63) is 34.6 Å². The molecule has 0 aliphatic carbocycles. The highest BCUT2D eigenvalue weighted by atomic mass is 35.5. The normalized spacial score (nSPS) is 15.5. The molecular formula is C14H21ClFNO. The van der Waals surface area contributed by atoms with Crippen molar-refractivity contribution in [3.8, 4) is 0 Å². The summed E-state index contributed by atoms with van der Waals surface area (Å²) in [4.78, 5) is 0. The number of benzene rings is 1. The molecule has 0 radical (unpaired) electrons. The zero-order valence-electron chi connectivity index (χ0n) is 11.1. The van der Waals surface area contributed by atoms with Gasteiger partial charge < -0.3 is 10.8 Å². The third-order valence-corrected chi connectivity index (χ3v) is 3.21. The van der Waals surface area contributed by atoms with E-state index in [9.17, 15) is 9.50 Å². The molecule has 1 aromatic rings. The maximum absolute atomic E-state index is 13.9. The molecule has 0 fully saturated rings. The second kappa shape index (κ2) is 6.00. The molecule has 0 aliphatic heterocycles. The van der Waals surface area contributed by atoms with Crippen molar-refractivity contribution in [2.75, 3.05) is 6.54 Å². The summed E-state index contributed by atoms with van der Waals surface area (Å²) < 4.78 is 13.9. The molecule has 0 aliphatic rings. The first-order valence-corrected chi connectivity index (χ1v) is 6.46. The third-order valence-electron chi connectivity index (χ3n) is 2.92. The second-order valence-electron chi connectivity index (χ2n) is 5.82. The average Bonchev–Trinajstić information content (AvgIpc) is 2.22. The molecule has 2 unspecified atom stereocenters. The van der Waals surface area contributed by atoms with E-state index >= 15 is 0 Å². The van der Waals surface area contributed by atoms with E-state index in [1.165, 1.54) is 6.07 Å². The van der Waals surface area contributed by atoms with E-state index in [4.69, 9.17) is 17.3 Å². The Kier molecular flexibility index (Phi) is 5.14. The highest BCUT2D eigenvalue weighted by Crippen LogP contribution is 2.31. The van der Waals surface area contributed by atoms with E-state index in [2.05, 4.69) is 0 Å². The van der Waals surface area contributed by atoms with Crippen molar-refractivity contribution >= 4 is 11.6 Å². The first-order valence-electron chi connectivity index (χ1n) is 6.08. The van der Waals surface area contributed by atoms with Gasteiger partial charge in [0.2, 0.25) is 0 Å². The number of halogens is 2. The molecule has 0 saturated heterocycles. The number of aliphatic hydroxyl groups is 1. The molecule has 0 amide bonds. The molecule has 2 nitrogen and oxygen atoms in total. The zero-order chi connectivity index (χ0) is 13.9. The number of aliphatic hydroxyl groups excluding tert-OH is 1. The first-order chi connectivity index (χ1) is 8.26. The molecular weight excluding hydrogens is 253 g/mol. The molecule has 0 bridgehead atoms. The molecule has 0 saturated carbocycles. The Morgan fingerprint density at radius 1 is 1.39 bits per heavy atom. The van der Waals surface area contributed by atoms with Crippen molar-refractivity contribution in [1.82, 2.24) is 0 Å². The zero-order valence-corrected chi connectivity index (χ0v) is 11.8. The van der Waals surface area contributed by atoms with Gasteiger partial charge in [0.25, 0.3) is 0 Å². The van der Waals surface area contributed by atoms with Crippen LogP contribution in [0.1, 0.15) is 38.7 Å². The maximum Gasteiger partial charge on any atom is 0.145 e. The lowest BCUT2D eigenvalue weighted by atomic mass is 9.82. The fraction of sp³-hybridized carbons (Fsp3) is 0.571. The van der Waals surface area contributed by atoms with Crippen LogP contribution in [0.5, 0.6) is 0 Å². The fourth-order valence-electron chi connectivity index (χ4n) is 2.07. The first kappa shape index (κ1) is 15.4. The minimum atomic E-state index is -0.678. The summed E-state index contributed by atoms with van der Waals surface area (Å²) in [5, 5.41) is 10.3. The van der Waals surface area contributed by atoms with Crippen molar-refractivity contribution in [1.29, 1.82) is 0 Å². The minimum absolute atomic E-state index is 0.0398. The Labute approximate surface area is 113 Å². The SMILES string of the molecule is CC(C)(C)CC(O)C(CN)c1cccc(Cl)c1F. The summed E-state index contributed by atoms with van der Waals surface area (Å²) in [5.74, 6) is -0.912. The van der Waals surface area contributed by atoms with E-state index in [0.29, 0.717) is 12.0 Å². The van der Waals surface area contributed by atoms with Gasteiger partial charge in [-0.05, 0) is 23.5 Å². The standard InChI is InChI=1S/C14H21ClFNO/c1-14(2,3)7-12(18)10(8-17)9-5-4-6-11(15)13(9)16/h4-6,10,12,18H,7-8,17H2,1-3H3. The van der Waals surface area contributed by atoms with Crippen LogP contribution in [0.15, 0.2) is 18.2 Å². The number of hydrogen-bond donors (Lipinski definition) is 2. The molecule has 102 valence electrons. The predicted octanol–water partition coefficient (Wildman–Crippen LogP) is 3.32. The molecule has 4 heteroatoms. The molecule has 2 atom stereocenters. The lowest BCUT2D eigenvalue weighted by Gasteiger charge is -2.28. The van der Waals surface area contributed by atoms with Gasteiger partial charge in [-0.3, -0.25) is 0 Å². The smallest absolute Gasteiger partial charge is 0.145 e. The lowest BCUT2D eigenvalue weighted by molar-refractivity contribution is 0.0960. The summed E-state index contributed by atoms with van der Waals surface area (Å²) >= 11 is 5.76. The Morgan fingerprint density at radius 3 is 2.50 bits per heavy atom. The van der Waals surface area contributed by atoms with Crippen LogP contribution in [0.2, 0.25) is 5.02 Å². The molecule has 0 heterocycles. The Bertz CT molecular complexity index is 403. The number of rotatable bonds is 4. The Morgan fingerprint density at radius 2 is 2.00 bits per heavy atom. The maximum atomic E-state index is 13.9. The largest absolute Gasteiger partial charge is 0.392 e. The van der Waals surface area contributed by atoms with Crippen LogP contribution >= 0.6 is 11.6 Å². The highest BCUT2D eigenvalue weighted by Gasteiger charge is 2.27. The van der Waals surface area contributed by atoms with Gasteiger partial charge in [0.15, 0.2) is 0 Å². The van der Waals surface area contributed by atoms with E-state index in [-0.39, 0.29) is 17.0 Å². The average molecular weight is 274 g/mol. The summed E-state index contributed by atoms with van der Waals surface area (Å²) in [5.41, 5.74) is 6.02. The number of nitrogens with two attached hydrogens (primary N) is 1. The Hall–Kier alpha value is -0.640. The van der Waals surface area contributed by atoms with Crippen LogP contribution in [0.3, 0.4) is 0 Å². The van der Waals surface area contributed by atoms with Crippen LogP contribution in [0, 0.1) is 11.2 Å². The van der Waals surface area contributed by atoms with Gasteiger partial charge in [0.1, 0.15) is 5.82 Å². The summed E-state index contributed by atoms with van der Waals surface area (Å²) in [6, 6.07) is 4.79. The van der Waals surface area contributed by atoms with Crippen molar-refractivity contribution in [2.24, 2.45) is 11.1 Å². The molecule has 0 spiro atoms. The highest BCUT2D eigenvalue weighted by molar-refractivity contribution is 6.30. The lowest BCUT2D eigenvalue weighted by Crippen LogP contribution is -2.30. The van der Waals surface area contributed by atoms with Crippen LogP contribution in [0.4, 0.5) is 4.39 Å². The van der Waals surface area contributed by atoms with E-state index in [1.54, 1.807) is 12.1 Å². The summed E-state index contributed by atoms with van der Waals surface area (Å²) in [7, 11) is 0. The minimum Gasteiger partial charge on any atom is -0.392 e. The van der Waals surface area contributed by atoms with Crippen LogP contribution in [0.25, 0.3) is 0 Å². The van der Waals surface area contributed by atoms with E-state index in [0.717, 1.165) is 0 Å². The monoisotopic (exact) mass is 273 g/mol. The van der Waals surface area contributed by atoms with Gasteiger partial charge in [-0.2, -0.15) is 0 Å². The summed E-state index contributed by atoms with van der Waals surface area (Å²) in [6.45, 7) is 6.27. The van der Waals surface area contributed by atoms with Gasteiger partial charge in [0.05, 0.1) is 11.1 Å². The van der Waals surface area contributed by atoms with E-state index < -0.39 is 17.8 Å². The van der Waals surface area contributed by atoms with Crippen LogP contribution in [-0.4, -0.2) is 17.8 Å². The second-order valence-corrected chi connectivity index (χ2v) is 6.22. The molecule has 3 N–H and O–H groups in total. The fourth-order valence-corrected chi connectivity index (χ4v) is 2.25. The summed E-state index contributed by atoms with van der Waals surface area (Å²) in [6.07, 6.45) is -0.121. The Balaban J connectivity index is 2.99. The number of hydrogen-bond acceptors (Lipinski definition) is 2. The van der Waals surface area contributed by atoms with E-state index in [1.807, 2.05) is 20.8 Å². The third kappa shape index (κ3) is 3.94. The predicted molar refractivity (Wildman–Crippen MR) is 73.3 cm³/mol. The quantitative estimate of drug-likeness (QED) is 0.884. The molecule has 1 aromatic carbocycles. The van der Waals surface area contributed by atoms with Crippen LogP contribution < -0.4 is 5.73 Å². The van der Waals surface area contributed by atoms with Crippen molar-refractivity contribution in [2.45, 2.75) is 39.2 Å². The topological polar surface area (TPSA) is 46.2 Å².